The second-order valence-electron chi connectivity index (χ2n) is 2.78. The first-order chi connectivity index (χ1) is 5.20. The van der Waals surface area contributed by atoms with Gasteiger partial charge in [-0.25, -0.2) is 0 Å². The average Bonchev–Trinajstić information content (AvgIpc) is 1.84. The van der Waals surface area contributed by atoms with E-state index < -0.39 is 18.8 Å². The molecule has 0 fully saturated rings. The van der Waals surface area contributed by atoms with Crippen molar-refractivity contribution in [3.05, 3.63) is 0 Å². The molecule has 0 unspecified atom stereocenters. The summed E-state index contributed by atoms with van der Waals surface area (Å²) in [5, 5.41) is 0.555. The summed E-state index contributed by atoms with van der Waals surface area (Å²) in [5.74, 6) is -0.923. The van der Waals surface area contributed by atoms with Crippen LogP contribution in [0.5, 0.6) is 0 Å². The van der Waals surface area contributed by atoms with Crippen LogP contribution >= 0.6 is 19.2 Å². The van der Waals surface area contributed by atoms with Gasteiger partial charge >= 0.3 is 7.60 Å². The highest BCUT2D eigenvalue weighted by Gasteiger charge is 2.38. The van der Waals surface area contributed by atoms with Crippen molar-refractivity contribution in [1.82, 2.24) is 5.32 Å². The molecule has 7 heteroatoms. The van der Waals surface area contributed by atoms with Crippen LogP contribution in [-0.4, -0.2) is 26.9 Å². The summed E-state index contributed by atoms with van der Waals surface area (Å²) in [5.41, 5.74) is 0. The standard InChI is InChI=1S/C5H11ClNO4P/c1-5(2,12(9,10)11)7-4(8)3-6/h3H2,1-2H3,(H,7,8)(H2,9,10,11). The lowest BCUT2D eigenvalue weighted by molar-refractivity contribution is -0.119. The molecule has 0 heterocycles. The van der Waals surface area contributed by atoms with Crippen molar-refractivity contribution in [3.8, 4) is 0 Å². The van der Waals surface area contributed by atoms with E-state index >= 15 is 0 Å². The number of alkyl halides is 1. The highest BCUT2D eigenvalue weighted by Crippen LogP contribution is 2.47. The Hall–Kier alpha value is -0.0900. The second kappa shape index (κ2) is 3.75. The molecule has 1 amide bonds. The SMILES string of the molecule is CC(C)(NC(=O)CCl)P(=O)(O)O. The van der Waals surface area contributed by atoms with Gasteiger partial charge in [0.15, 0.2) is 0 Å². The molecule has 3 N–H and O–H groups in total. The van der Waals surface area contributed by atoms with Crippen LogP contribution in [0.2, 0.25) is 0 Å². The monoisotopic (exact) mass is 215 g/mol. The predicted octanol–water partition coefficient (Wildman–Crippen LogP) is 0.255. The van der Waals surface area contributed by atoms with Gasteiger partial charge in [-0.15, -0.1) is 11.6 Å². The molecule has 0 radical (unpaired) electrons. The van der Waals surface area contributed by atoms with Crippen molar-refractivity contribution in [2.45, 2.75) is 19.1 Å². The normalized spacial score (nSPS) is 12.8. The van der Waals surface area contributed by atoms with Crippen LogP contribution in [0, 0.1) is 0 Å². The van der Waals surface area contributed by atoms with Gasteiger partial charge in [-0.2, -0.15) is 0 Å². The number of carbonyl (C=O) groups excluding carboxylic acids is 1. The maximum absolute atomic E-state index is 10.7. The molecule has 0 bridgehead atoms. The molecule has 72 valence electrons. The van der Waals surface area contributed by atoms with E-state index in [0.29, 0.717) is 0 Å². The van der Waals surface area contributed by atoms with Crippen molar-refractivity contribution in [3.63, 3.8) is 0 Å². The Morgan fingerprint density at radius 2 is 2.00 bits per heavy atom. The molecule has 0 saturated carbocycles. The smallest absolute Gasteiger partial charge is 0.339 e. The van der Waals surface area contributed by atoms with Crippen LogP contribution in [0.3, 0.4) is 0 Å². The minimum atomic E-state index is -4.33. The predicted molar refractivity (Wildman–Crippen MR) is 45.0 cm³/mol. The molecule has 5 nitrogen and oxygen atoms in total. The fourth-order valence-electron chi connectivity index (χ4n) is 0.447. The number of amides is 1. The van der Waals surface area contributed by atoms with Crippen LogP contribution in [0.25, 0.3) is 0 Å². The lowest BCUT2D eigenvalue weighted by atomic mass is 10.4. The van der Waals surface area contributed by atoms with Crippen molar-refractivity contribution in [2.75, 3.05) is 5.88 Å². The van der Waals surface area contributed by atoms with Crippen molar-refractivity contribution >= 4 is 25.1 Å². The number of rotatable bonds is 3. The zero-order valence-corrected chi connectivity index (χ0v) is 8.39. The van der Waals surface area contributed by atoms with Crippen LogP contribution in [0.1, 0.15) is 13.8 Å². The van der Waals surface area contributed by atoms with Gasteiger partial charge in [0.2, 0.25) is 5.91 Å². The fraction of sp³-hybridized carbons (Fsp3) is 0.800. The molecule has 0 atom stereocenters. The Morgan fingerprint density at radius 3 is 2.25 bits per heavy atom. The van der Waals surface area contributed by atoms with E-state index in [1.807, 2.05) is 0 Å². The Bertz CT molecular complexity index is 223. The van der Waals surface area contributed by atoms with Crippen molar-refractivity contribution in [1.29, 1.82) is 0 Å². The summed E-state index contributed by atoms with van der Waals surface area (Å²) in [4.78, 5) is 28.2. The second-order valence-corrected chi connectivity index (χ2v) is 5.26. The number of halogens is 1. The highest BCUT2D eigenvalue weighted by molar-refractivity contribution is 7.53. The van der Waals surface area contributed by atoms with E-state index in [9.17, 15) is 9.36 Å². The first-order valence-electron chi connectivity index (χ1n) is 3.13. The molecule has 12 heavy (non-hydrogen) atoms. The number of carbonyl (C=O) groups is 1. The molecule has 0 aliphatic rings. The van der Waals surface area contributed by atoms with Crippen molar-refractivity contribution < 1.29 is 19.1 Å². The Balaban J connectivity index is 4.44. The van der Waals surface area contributed by atoms with Crippen LogP contribution < -0.4 is 5.32 Å². The van der Waals surface area contributed by atoms with E-state index in [2.05, 4.69) is 5.32 Å². The minimum absolute atomic E-state index is 0.316. The van der Waals surface area contributed by atoms with Crippen LogP contribution in [0.4, 0.5) is 0 Å². The summed E-state index contributed by atoms with van der Waals surface area (Å²) in [6.07, 6.45) is 0. The third kappa shape index (κ3) is 3.11. The van der Waals surface area contributed by atoms with Gasteiger partial charge in [0.1, 0.15) is 11.2 Å². The number of nitrogens with one attached hydrogen (secondary N) is 1. The fourth-order valence-corrected chi connectivity index (χ4v) is 0.785. The zero-order valence-electron chi connectivity index (χ0n) is 6.74. The lowest BCUT2D eigenvalue weighted by Crippen LogP contribution is -2.43. The molecular formula is C5H11ClNO4P. The van der Waals surface area contributed by atoms with E-state index in [4.69, 9.17) is 21.4 Å². The van der Waals surface area contributed by atoms with Gasteiger partial charge in [0, 0.05) is 0 Å². The Morgan fingerprint density at radius 1 is 1.58 bits per heavy atom. The van der Waals surface area contributed by atoms with Gasteiger partial charge in [-0.3, -0.25) is 9.36 Å². The number of hydrogen-bond donors (Lipinski definition) is 3. The molecular weight excluding hydrogens is 204 g/mol. The Labute approximate surface area is 75.3 Å². The largest absolute Gasteiger partial charge is 0.350 e. The van der Waals surface area contributed by atoms with E-state index in [-0.39, 0.29) is 5.88 Å². The third-order valence-corrected chi connectivity index (χ3v) is 3.11. The molecule has 0 aliphatic heterocycles. The zero-order chi connectivity index (χ0) is 9.99. The van der Waals surface area contributed by atoms with Gasteiger partial charge in [0.05, 0.1) is 0 Å². The molecule has 0 aromatic heterocycles. The van der Waals surface area contributed by atoms with Crippen molar-refractivity contribution in [2.24, 2.45) is 0 Å². The maximum Gasteiger partial charge on any atom is 0.350 e. The first-order valence-corrected chi connectivity index (χ1v) is 5.28. The van der Waals surface area contributed by atoms with Gasteiger partial charge in [-0.1, -0.05) is 0 Å². The van der Waals surface area contributed by atoms with Gasteiger partial charge in [0.25, 0.3) is 0 Å². The van der Waals surface area contributed by atoms with Gasteiger partial charge < -0.3 is 15.1 Å². The quantitative estimate of drug-likeness (QED) is 0.465. The number of hydrogen-bond acceptors (Lipinski definition) is 2. The molecule has 0 aromatic rings. The molecule has 0 spiro atoms. The first kappa shape index (κ1) is 11.9. The summed E-state index contributed by atoms with van der Waals surface area (Å²) in [6, 6.07) is 0. The average molecular weight is 216 g/mol. The van der Waals surface area contributed by atoms with Crippen LogP contribution in [-0.2, 0) is 9.36 Å². The third-order valence-electron chi connectivity index (χ3n) is 1.29. The van der Waals surface area contributed by atoms with Gasteiger partial charge in [-0.05, 0) is 13.8 Å². The van der Waals surface area contributed by atoms with E-state index in [0.717, 1.165) is 0 Å². The molecule has 0 rings (SSSR count). The summed E-state index contributed by atoms with van der Waals surface area (Å²) in [7, 11) is -4.33. The van der Waals surface area contributed by atoms with E-state index in [1.54, 1.807) is 0 Å². The molecule has 0 saturated heterocycles. The molecule has 0 aromatic carbocycles. The Kier molecular flexibility index (Phi) is 3.72. The van der Waals surface area contributed by atoms with E-state index in [1.165, 1.54) is 13.8 Å². The molecule has 0 aliphatic carbocycles. The topological polar surface area (TPSA) is 86.6 Å². The van der Waals surface area contributed by atoms with Crippen LogP contribution in [0.15, 0.2) is 0 Å². The minimum Gasteiger partial charge on any atom is -0.339 e. The lowest BCUT2D eigenvalue weighted by Gasteiger charge is -2.26. The maximum atomic E-state index is 10.7. The summed E-state index contributed by atoms with van der Waals surface area (Å²) in [6.45, 7) is 2.47. The summed E-state index contributed by atoms with van der Waals surface area (Å²) < 4.78 is 10.7. The highest BCUT2D eigenvalue weighted by atomic mass is 35.5. The summed E-state index contributed by atoms with van der Waals surface area (Å²) >= 11 is 5.14.